The van der Waals surface area contributed by atoms with Gasteiger partial charge in [-0.05, 0) is 52.5 Å². The Morgan fingerprint density at radius 1 is 1.47 bits per heavy atom. The van der Waals surface area contributed by atoms with E-state index in [2.05, 4.69) is 37.2 Å². The van der Waals surface area contributed by atoms with Crippen LogP contribution < -0.4 is 5.32 Å². The summed E-state index contributed by atoms with van der Waals surface area (Å²) in [4.78, 5) is 4.38. The first-order valence-electron chi connectivity index (χ1n) is 6.03. The van der Waals surface area contributed by atoms with Crippen LogP contribution in [0.15, 0.2) is 12.1 Å². The molecule has 0 saturated heterocycles. The SMILES string of the molecule is CC(C)N(C)CCCNCc1ccc(C#N)s1. The lowest BCUT2D eigenvalue weighted by Gasteiger charge is -2.20. The Labute approximate surface area is 108 Å². The Bertz CT molecular complexity index is 365. The van der Waals surface area contributed by atoms with Crippen molar-refractivity contribution in [3.63, 3.8) is 0 Å². The molecule has 0 aliphatic heterocycles. The summed E-state index contributed by atoms with van der Waals surface area (Å²) in [7, 11) is 2.16. The highest BCUT2D eigenvalue weighted by molar-refractivity contribution is 7.12. The van der Waals surface area contributed by atoms with Gasteiger partial charge >= 0.3 is 0 Å². The van der Waals surface area contributed by atoms with Gasteiger partial charge in [-0.25, -0.2) is 0 Å². The van der Waals surface area contributed by atoms with E-state index in [1.807, 2.05) is 12.1 Å². The summed E-state index contributed by atoms with van der Waals surface area (Å²) in [6.07, 6.45) is 1.16. The lowest BCUT2D eigenvalue weighted by molar-refractivity contribution is 0.269. The molecule has 17 heavy (non-hydrogen) atoms. The summed E-state index contributed by atoms with van der Waals surface area (Å²) in [6.45, 7) is 7.44. The Balaban J connectivity index is 2.10. The van der Waals surface area contributed by atoms with E-state index in [0.29, 0.717) is 6.04 Å². The molecule has 0 radical (unpaired) electrons. The number of hydrogen-bond acceptors (Lipinski definition) is 4. The Morgan fingerprint density at radius 3 is 2.82 bits per heavy atom. The van der Waals surface area contributed by atoms with Gasteiger partial charge < -0.3 is 10.2 Å². The van der Waals surface area contributed by atoms with Crippen molar-refractivity contribution in [3.8, 4) is 6.07 Å². The maximum absolute atomic E-state index is 8.71. The van der Waals surface area contributed by atoms with E-state index < -0.39 is 0 Å². The third kappa shape index (κ3) is 5.31. The van der Waals surface area contributed by atoms with Crippen LogP contribution in [0.1, 0.15) is 30.0 Å². The van der Waals surface area contributed by atoms with Crippen LogP contribution >= 0.6 is 11.3 Å². The second kappa shape index (κ2) is 7.44. The lowest BCUT2D eigenvalue weighted by Crippen LogP contribution is -2.29. The zero-order valence-electron chi connectivity index (χ0n) is 10.9. The average molecular weight is 251 g/mol. The monoisotopic (exact) mass is 251 g/mol. The molecule has 1 N–H and O–H groups in total. The molecule has 1 aromatic heterocycles. The maximum atomic E-state index is 8.71. The molecule has 0 amide bonds. The van der Waals surface area contributed by atoms with Crippen molar-refractivity contribution < 1.29 is 0 Å². The number of thiophene rings is 1. The van der Waals surface area contributed by atoms with Gasteiger partial charge in [-0.1, -0.05) is 0 Å². The van der Waals surface area contributed by atoms with Crippen LogP contribution in [-0.2, 0) is 6.54 Å². The van der Waals surface area contributed by atoms with E-state index in [4.69, 9.17) is 5.26 Å². The van der Waals surface area contributed by atoms with E-state index in [9.17, 15) is 0 Å². The minimum atomic E-state index is 0.616. The number of nitrogens with one attached hydrogen (secondary N) is 1. The fourth-order valence-corrected chi connectivity index (χ4v) is 2.23. The predicted octanol–water partition coefficient (Wildman–Crippen LogP) is 2.44. The van der Waals surface area contributed by atoms with E-state index in [0.717, 1.165) is 30.9 Å². The number of nitrogens with zero attached hydrogens (tertiary/aromatic N) is 2. The second-order valence-electron chi connectivity index (χ2n) is 4.48. The molecule has 1 aromatic rings. The van der Waals surface area contributed by atoms with Gasteiger partial charge in [0.1, 0.15) is 10.9 Å². The van der Waals surface area contributed by atoms with Crippen LogP contribution in [0.3, 0.4) is 0 Å². The highest BCUT2D eigenvalue weighted by Crippen LogP contribution is 2.14. The largest absolute Gasteiger partial charge is 0.312 e. The molecule has 0 atom stereocenters. The minimum Gasteiger partial charge on any atom is -0.312 e. The molecule has 0 aromatic carbocycles. The molecular weight excluding hydrogens is 230 g/mol. The van der Waals surface area contributed by atoms with Gasteiger partial charge in [-0.2, -0.15) is 5.26 Å². The highest BCUT2D eigenvalue weighted by atomic mass is 32.1. The van der Waals surface area contributed by atoms with Crippen LogP contribution in [0, 0.1) is 11.3 Å². The first kappa shape index (κ1) is 14.2. The fraction of sp³-hybridized carbons (Fsp3) is 0.615. The Kier molecular flexibility index (Phi) is 6.20. The van der Waals surface area contributed by atoms with E-state index in [1.54, 1.807) is 11.3 Å². The van der Waals surface area contributed by atoms with E-state index in [-0.39, 0.29) is 0 Å². The molecule has 4 heteroatoms. The standard InChI is InChI=1S/C13H21N3S/c1-11(2)16(3)8-4-7-15-10-13-6-5-12(9-14)17-13/h5-6,11,15H,4,7-8,10H2,1-3H3. The van der Waals surface area contributed by atoms with Crippen molar-refractivity contribution in [2.45, 2.75) is 32.9 Å². The van der Waals surface area contributed by atoms with Gasteiger partial charge in [0, 0.05) is 17.5 Å². The fourth-order valence-electron chi connectivity index (χ4n) is 1.46. The van der Waals surface area contributed by atoms with Gasteiger partial charge in [0.05, 0.1) is 0 Å². The molecule has 0 bridgehead atoms. The summed E-state index contributed by atoms with van der Waals surface area (Å²) in [5, 5.41) is 12.1. The third-order valence-corrected chi connectivity index (χ3v) is 3.81. The molecular formula is C13H21N3S. The molecule has 0 saturated carbocycles. The van der Waals surface area contributed by atoms with Crippen molar-refractivity contribution in [1.29, 1.82) is 5.26 Å². The summed E-state index contributed by atoms with van der Waals surface area (Å²) in [6, 6.07) is 6.68. The lowest BCUT2D eigenvalue weighted by atomic mass is 10.3. The molecule has 0 aliphatic rings. The van der Waals surface area contributed by atoms with Crippen LogP contribution in [0.2, 0.25) is 0 Å². The summed E-state index contributed by atoms with van der Waals surface area (Å²) < 4.78 is 0. The van der Waals surface area contributed by atoms with Gasteiger partial charge in [0.2, 0.25) is 0 Å². The van der Waals surface area contributed by atoms with Gasteiger partial charge in [0.25, 0.3) is 0 Å². The predicted molar refractivity (Wildman–Crippen MR) is 73.1 cm³/mol. The molecule has 94 valence electrons. The number of hydrogen-bond donors (Lipinski definition) is 1. The Hall–Kier alpha value is -0.890. The van der Waals surface area contributed by atoms with E-state index in [1.165, 1.54) is 4.88 Å². The molecule has 0 fully saturated rings. The molecule has 1 rings (SSSR count). The van der Waals surface area contributed by atoms with Crippen LogP contribution in [0.4, 0.5) is 0 Å². The smallest absolute Gasteiger partial charge is 0.110 e. The van der Waals surface area contributed by atoms with Crippen molar-refractivity contribution in [2.24, 2.45) is 0 Å². The van der Waals surface area contributed by atoms with Crippen molar-refractivity contribution in [1.82, 2.24) is 10.2 Å². The zero-order valence-corrected chi connectivity index (χ0v) is 11.7. The maximum Gasteiger partial charge on any atom is 0.110 e. The highest BCUT2D eigenvalue weighted by Gasteiger charge is 2.02. The first-order chi connectivity index (χ1) is 8.13. The van der Waals surface area contributed by atoms with Crippen molar-refractivity contribution >= 4 is 11.3 Å². The van der Waals surface area contributed by atoms with Crippen LogP contribution in [-0.4, -0.2) is 31.1 Å². The summed E-state index contributed by atoms with van der Waals surface area (Å²) in [5.41, 5.74) is 0. The molecule has 1 heterocycles. The average Bonchev–Trinajstić information content (AvgIpc) is 2.76. The van der Waals surface area contributed by atoms with Gasteiger partial charge in [0.15, 0.2) is 0 Å². The number of nitriles is 1. The van der Waals surface area contributed by atoms with Crippen LogP contribution in [0.25, 0.3) is 0 Å². The second-order valence-corrected chi connectivity index (χ2v) is 5.65. The Morgan fingerprint density at radius 2 is 2.24 bits per heavy atom. The van der Waals surface area contributed by atoms with Crippen molar-refractivity contribution in [3.05, 3.63) is 21.9 Å². The molecule has 0 spiro atoms. The molecule has 0 unspecified atom stereocenters. The normalized spacial score (nSPS) is 11.1. The van der Waals surface area contributed by atoms with Crippen molar-refractivity contribution in [2.75, 3.05) is 20.1 Å². The zero-order chi connectivity index (χ0) is 12.7. The summed E-state index contributed by atoms with van der Waals surface area (Å²) >= 11 is 1.57. The minimum absolute atomic E-state index is 0.616. The van der Waals surface area contributed by atoms with Crippen LogP contribution in [0.5, 0.6) is 0 Å². The van der Waals surface area contributed by atoms with Gasteiger partial charge in [-0.3, -0.25) is 0 Å². The molecule has 3 nitrogen and oxygen atoms in total. The van der Waals surface area contributed by atoms with E-state index >= 15 is 0 Å². The summed E-state index contributed by atoms with van der Waals surface area (Å²) in [5.74, 6) is 0. The third-order valence-electron chi connectivity index (χ3n) is 2.82. The van der Waals surface area contributed by atoms with Gasteiger partial charge in [-0.15, -0.1) is 11.3 Å². The topological polar surface area (TPSA) is 39.1 Å². The quantitative estimate of drug-likeness (QED) is 0.757. The number of rotatable bonds is 7. The first-order valence-corrected chi connectivity index (χ1v) is 6.85. The molecule has 0 aliphatic carbocycles.